The van der Waals surface area contributed by atoms with Gasteiger partial charge in [0, 0.05) is 39.1 Å². The lowest BCUT2D eigenvalue weighted by molar-refractivity contribution is -0.119. The monoisotopic (exact) mass is 465 g/mol. The molecule has 1 saturated heterocycles. The maximum atomic E-state index is 13.9. The number of carbonyl (C=O) groups is 3. The third-order valence-corrected chi connectivity index (χ3v) is 5.75. The molecule has 3 amide bonds. The Hall–Kier alpha value is -4.14. The Balaban J connectivity index is 1.65. The lowest BCUT2D eigenvalue weighted by Gasteiger charge is -2.29. The molecule has 2 N–H and O–H groups in total. The number of amides is 3. The third-order valence-electron chi connectivity index (χ3n) is 5.75. The first-order valence-corrected chi connectivity index (χ1v) is 10.7. The van der Waals surface area contributed by atoms with Crippen LogP contribution >= 0.6 is 0 Å². The van der Waals surface area contributed by atoms with Crippen LogP contribution in [0.3, 0.4) is 0 Å². The first-order chi connectivity index (χ1) is 18.9. The van der Waals surface area contributed by atoms with Crippen LogP contribution in [0.1, 0.15) is 54.0 Å². The van der Waals surface area contributed by atoms with Crippen molar-refractivity contribution in [3.05, 3.63) is 65.4 Å². The van der Waals surface area contributed by atoms with E-state index in [1.165, 1.54) is 11.8 Å². The average molecular weight is 466 g/mol. The van der Waals surface area contributed by atoms with Crippen LogP contribution in [0.5, 0.6) is 5.75 Å². The second-order valence-corrected chi connectivity index (χ2v) is 7.79. The quantitative estimate of drug-likeness (QED) is 0.623. The summed E-state index contributed by atoms with van der Waals surface area (Å²) in [7, 11) is 1.50. The van der Waals surface area contributed by atoms with Crippen LogP contribution in [-0.4, -0.2) is 47.7 Å². The van der Waals surface area contributed by atoms with Crippen LogP contribution in [0.2, 0.25) is 0 Å². The number of ether oxygens (including phenoxy) is 1. The molecule has 3 aromatic rings. The minimum Gasteiger partial charge on any atom is -0.497 e. The molecule has 0 aliphatic carbocycles. The Labute approximate surface area is 205 Å². The molecule has 9 nitrogen and oxygen atoms in total. The summed E-state index contributed by atoms with van der Waals surface area (Å²) >= 11 is 0. The Morgan fingerprint density at radius 1 is 1.03 bits per heavy atom. The van der Waals surface area contributed by atoms with Crippen LogP contribution in [0.4, 0.5) is 11.4 Å². The number of piperidine rings is 1. The minimum absolute atomic E-state index is 0.00570. The molecular formula is C25H25N5O4. The van der Waals surface area contributed by atoms with Gasteiger partial charge in [0.05, 0.1) is 18.3 Å². The van der Waals surface area contributed by atoms with E-state index >= 15 is 0 Å². The number of fused-ring (bicyclic) bond motifs is 1. The van der Waals surface area contributed by atoms with Gasteiger partial charge in [0.25, 0.3) is 11.8 Å². The molecular weight excluding hydrogens is 434 g/mol. The minimum atomic E-state index is -2.20. The maximum Gasteiger partial charge on any atom is 0.277 e. The maximum absolute atomic E-state index is 13.9. The number of nitrogens with zero attached hydrogens (tertiary/aromatic N) is 4. The van der Waals surface area contributed by atoms with Gasteiger partial charge in [0.15, 0.2) is 5.69 Å². The largest absolute Gasteiger partial charge is 0.497 e. The van der Waals surface area contributed by atoms with Crippen LogP contribution in [0.25, 0.3) is 5.69 Å². The number of hydrogen-bond donors (Lipinski definition) is 1. The molecule has 2 aliphatic rings. The highest BCUT2D eigenvalue weighted by Gasteiger charge is 2.34. The first-order valence-electron chi connectivity index (χ1n) is 13.7. The molecule has 0 spiro atoms. The molecule has 5 rings (SSSR count). The van der Waals surface area contributed by atoms with Gasteiger partial charge < -0.3 is 20.3 Å². The third kappa shape index (κ3) is 3.68. The fraction of sp³-hybridized carbons (Fsp3) is 0.280. The standard InChI is InChI=1S/C25H25N5O4/c1-34-19-11-9-18(10-12-19)30-23-20(22(27-30)24(26)32)13-15-29(25(23)33)17-7-5-16(6-8-17)28-14-3-2-4-21(28)31/h5-12H,2-4,13-15H2,1H3,(H2,26,32)/i5D,6D,7D,8D,14D2. The van der Waals surface area contributed by atoms with E-state index in [4.69, 9.17) is 18.7 Å². The van der Waals surface area contributed by atoms with E-state index in [1.807, 2.05) is 0 Å². The lowest BCUT2D eigenvalue weighted by atomic mass is 10.0. The summed E-state index contributed by atoms with van der Waals surface area (Å²) in [5, 5.41) is 4.28. The van der Waals surface area contributed by atoms with Crippen LogP contribution in [-0.2, 0) is 11.2 Å². The molecule has 9 heteroatoms. The molecule has 0 unspecified atom stereocenters. The van der Waals surface area contributed by atoms with Crippen molar-refractivity contribution in [1.29, 1.82) is 0 Å². The van der Waals surface area contributed by atoms with Crippen molar-refractivity contribution in [3.63, 3.8) is 0 Å². The summed E-state index contributed by atoms with van der Waals surface area (Å²) in [6.07, 6.45) is 0.364. The molecule has 0 atom stereocenters. The summed E-state index contributed by atoms with van der Waals surface area (Å²) in [5.74, 6) is -1.66. The Morgan fingerprint density at radius 3 is 2.32 bits per heavy atom. The zero-order chi connectivity index (χ0) is 29.1. The zero-order valence-electron chi connectivity index (χ0n) is 24.3. The van der Waals surface area contributed by atoms with Crippen molar-refractivity contribution >= 4 is 29.1 Å². The van der Waals surface area contributed by atoms with Gasteiger partial charge in [-0.15, -0.1) is 0 Å². The average Bonchev–Trinajstić information content (AvgIpc) is 3.31. The smallest absolute Gasteiger partial charge is 0.277 e. The summed E-state index contributed by atoms with van der Waals surface area (Å²) in [6.45, 7) is -2.30. The molecule has 0 bridgehead atoms. The number of aromatic nitrogens is 2. The van der Waals surface area contributed by atoms with Crippen molar-refractivity contribution in [1.82, 2.24) is 9.78 Å². The van der Waals surface area contributed by atoms with E-state index in [0.29, 0.717) is 28.3 Å². The number of rotatable bonds is 5. The van der Waals surface area contributed by atoms with E-state index < -0.39 is 54.1 Å². The molecule has 1 aromatic heterocycles. The Kier molecular flexibility index (Phi) is 3.99. The molecule has 0 radical (unpaired) electrons. The van der Waals surface area contributed by atoms with Gasteiger partial charge in [-0.05, 0) is 67.7 Å². The van der Waals surface area contributed by atoms with Crippen molar-refractivity contribution in [2.75, 3.05) is 30.0 Å². The number of benzene rings is 2. The van der Waals surface area contributed by atoms with Crippen molar-refractivity contribution in [3.8, 4) is 11.4 Å². The van der Waals surface area contributed by atoms with E-state index in [-0.39, 0.29) is 42.9 Å². The number of carbonyl (C=O) groups excluding carboxylic acids is 3. The predicted octanol–water partition coefficient (Wildman–Crippen LogP) is 2.70. The molecule has 34 heavy (non-hydrogen) atoms. The van der Waals surface area contributed by atoms with E-state index in [9.17, 15) is 14.4 Å². The highest BCUT2D eigenvalue weighted by molar-refractivity contribution is 6.09. The summed E-state index contributed by atoms with van der Waals surface area (Å²) in [4.78, 5) is 40.5. The van der Waals surface area contributed by atoms with Crippen molar-refractivity contribution < 1.29 is 27.3 Å². The molecule has 1 fully saturated rings. The van der Waals surface area contributed by atoms with Gasteiger partial charge >= 0.3 is 0 Å². The number of hydrogen-bond acceptors (Lipinski definition) is 5. The van der Waals surface area contributed by atoms with Crippen LogP contribution in [0, 0.1) is 0 Å². The topological polar surface area (TPSA) is 111 Å². The van der Waals surface area contributed by atoms with Gasteiger partial charge in [-0.25, -0.2) is 4.68 Å². The highest BCUT2D eigenvalue weighted by atomic mass is 16.5. The Bertz CT molecular complexity index is 1540. The predicted molar refractivity (Wildman–Crippen MR) is 127 cm³/mol. The first kappa shape index (κ1) is 15.7. The molecule has 0 saturated carbocycles. The van der Waals surface area contributed by atoms with Crippen LogP contribution < -0.4 is 20.3 Å². The fourth-order valence-electron chi connectivity index (χ4n) is 4.06. The van der Waals surface area contributed by atoms with Gasteiger partial charge in [-0.3, -0.25) is 14.4 Å². The SMILES string of the molecule is [2H]c1c([2H])c(N2C(=O)CCCC2([2H])[2H])c([2H])c([2H])c1N1CCc2c(C(N)=O)nn(-c3ccc(OC)cc3)c2C1=O. The van der Waals surface area contributed by atoms with Crippen LogP contribution in [0.15, 0.2) is 48.4 Å². The molecule has 174 valence electrons. The highest BCUT2D eigenvalue weighted by Crippen LogP contribution is 2.31. The van der Waals surface area contributed by atoms with Gasteiger partial charge in [0.2, 0.25) is 5.91 Å². The second kappa shape index (κ2) is 8.66. The van der Waals surface area contributed by atoms with Gasteiger partial charge in [0.1, 0.15) is 11.4 Å². The van der Waals surface area contributed by atoms with E-state index in [0.717, 1.165) is 4.90 Å². The number of anilines is 2. The van der Waals surface area contributed by atoms with E-state index in [2.05, 4.69) is 5.10 Å². The molecule has 2 aromatic carbocycles. The fourth-order valence-corrected chi connectivity index (χ4v) is 4.06. The van der Waals surface area contributed by atoms with Crippen molar-refractivity contribution in [2.45, 2.75) is 25.7 Å². The normalized spacial score (nSPS) is 19.9. The summed E-state index contributed by atoms with van der Waals surface area (Å²) < 4.78 is 57.5. The number of nitrogens with two attached hydrogens (primary N) is 1. The number of primary amides is 1. The number of methoxy groups -OCH3 is 1. The molecule has 3 heterocycles. The van der Waals surface area contributed by atoms with Crippen molar-refractivity contribution in [2.24, 2.45) is 5.73 Å². The van der Waals surface area contributed by atoms with E-state index in [1.54, 1.807) is 24.3 Å². The second-order valence-electron chi connectivity index (χ2n) is 7.79. The Morgan fingerprint density at radius 2 is 1.71 bits per heavy atom. The summed E-state index contributed by atoms with van der Waals surface area (Å²) in [5.41, 5.74) is 5.33. The zero-order valence-corrected chi connectivity index (χ0v) is 18.3. The van der Waals surface area contributed by atoms with Gasteiger partial charge in [-0.1, -0.05) is 0 Å². The summed E-state index contributed by atoms with van der Waals surface area (Å²) in [6, 6.07) is 4.03. The molecule has 2 aliphatic heterocycles. The lowest BCUT2D eigenvalue weighted by Crippen LogP contribution is -2.39. The van der Waals surface area contributed by atoms with Gasteiger partial charge in [-0.2, -0.15) is 5.10 Å².